The van der Waals surface area contributed by atoms with Crippen LogP contribution in [-0.2, 0) is 9.47 Å². The second-order valence-electron chi connectivity index (χ2n) is 3.87. The lowest BCUT2D eigenvalue weighted by molar-refractivity contribution is -0.0345. The van der Waals surface area contributed by atoms with Crippen LogP contribution < -0.4 is 11.5 Å². The Morgan fingerprint density at radius 2 is 1.64 bits per heavy atom. The molecule has 0 bridgehead atoms. The Balaban J connectivity index is 1.98. The number of nitrogens with two attached hydrogens (primary N) is 2. The molecule has 0 aromatic carbocycles. The molecule has 4 heteroatoms. The zero-order valence-corrected chi connectivity index (χ0v) is 8.84. The first-order valence-corrected chi connectivity index (χ1v) is 5.45. The minimum absolute atomic E-state index is 0.0315. The molecule has 0 spiro atoms. The topological polar surface area (TPSA) is 70.5 Å². The zero-order chi connectivity index (χ0) is 10.3. The van der Waals surface area contributed by atoms with E-state index in [2.05, 4.69) is 0 Å². The van der Waals surface area contributed by atoms with Gasteiger partial charge in [-0.2, -0.15) is 0 Å². The molecule has 1 fully saturated rings. The van der Waals surface area contributed by atoms with Crippen molar-refractivity contribution in [3.63, 3.8) is 0 Å². The Kier molecular flexibility index (Phi) is 5.40. The third-order valence-corrected chi connectivity index (χ3v) is 2.42. The fourth-order valence-electron chi connectivity index (χ4n) is 1.29. The molecule has 0 aromatic rings. The monoisotopic (exact) mass is 202 g/mol. The van der Waals surface area contributed by atoms with Crippen LogP contribution in [0.2, 0.25) is 0 Å². The highest BCUT2D eigenvalue weighted by Crippen LogP contribution is 2.39. The summed E-state index contributed by atoms with van der Waals surface area (Å²) < 4.78 is 11.2. The maximum atomic E-state index is 5.72. The van der Waals surface area contributed by atoms with Crippen molar-refractivity contribution in [2.75, 3.05) is 32.9 Å². The van der Waals surface area contributed by atoms with Crippen LogP contribution in [0.5, 0.6) is 0 Å². The van der Waals surface area contributed by atoms with Crippen LogP contribution in [0.25, 0.3) is 0 Å². The molecule has 14 heavy (non-hydrogen) atoms. The smallest absolute Gasteiger partial charge is 0.0917 e. The van der Waals surface area contributed by atoms with E-state index < -0.39 is 0 Å². The van der Waals surface area contributed by atoms with E-state index >= 15 is 0 Å². The lowest BCUT2D eigenvalue weighted by atomic mass is 10.3. The van der Waals surface area contributed by atoms with Crippen molar-refractivity contribution in [3.05, 3.63) is 0 Å². The van der Waals surface area contributed by atoms with Gasteiger partial charge in [0.25, 0.3) is 0 Å². The van der Waals surface area contributed by atoms with Crippen molar-refractivity contribution in [2.24, 2.45) is 11.5 Å². The van der Waals surface area contributed by atoms with Gasteiger partial charge in [-0.1, -0.05) is 0 Å². The van der Waals surface area contributed by atoms with E-state index in [-0.39, 0.29) is 5.60 Å². The normalized spacial score (nSPS) is 18.4. The Labute approximate surface area is 85.9 Å². The molecule has 0 saturated heterocycles. The molecule has 1 saturated carbocycles. The van der Waals surface area contributed by atoms with Gasteiger partial charge >= 0.3 is 0 Å². The Morgan fingerprint density at radius 1 is 1.00 bits per heavy atom. The minimum Gasteiger partial charge on any atom is -0.378 e. The second-order valence-corrected chi connectivity index (χ2v) is 3.87. The first-order valence-electron chi connectivity index (χ1n) is 5.45. The summed E-state index contributed by atoms with van der Waals surface area (Å²) in [5.41, 5.74) is 10.8. The van der Waals surface area contributed by atoms with Gasteiger partial charge in [-0.25, -0.2) is 0 Å². The number of rotatable bonds is 9. The molecule has 0 aromatic heterocycles. The molecule has 1 rings (SSSR count). The summed E-state index contributed by atoms with van der Waals surface area (Å²) in [6, 6.07) is 0. The van der Waals surface area contributed by atoms with Crippen LogP contribution in [0.4, 0.5) is 0 Å². The standard InChI is InChI=1S/C10H22N2O2/c11-5-1-7-13-9-10(3-4-10)14-8-2-6-12/h1-9,11-12H2. The zero-order valence-electron chi connectivity index (χ0n) is 8.84. The maximum absolute atomic E-state index is 5.72. The van der Waals surface area contributed by atoms with Crippen LogP contribution in [0.1, 0.15) is 25.7 Å². The summed E-state index contributed by atoms with van der Waals surface area (Å²) in [6.07, 6.45) is 4.11. The van der Waals surface area contributed by atoms with Crippen molar-refractivity contribution >= 4 is 0 Å². The van der Waals surface area contributed by atoms with Crippen LogP contribution in [0.3, 0.4) is 0 Å². The van der Waals surface area contributed by atoms with Gasteiger partial charge < -0.3 is 20.9 Å². The third kappa shape index (κ3) is 4.37. The van der Waals surface area contributed by atoms with E-state index in [1.54, 1.807) is 0 Å². The Bertz CT molecular complexity index is 149. The van der Waals surface area contributed by atoms with Crippen molar-refractivity contribution < 1.29 is 9.47 Å². The summed E-state index contributed by atoms with van der Waals surface area (Å²) in [7, 11) is 0. The molecule has 1 aliphatic carbocycles. The fraction of sp³-hybridized carbons (Fsp3) is 1.00. The fourth-order valence-corrected chi connectivity index (χ4v) is 1.29. The van der Waals surface area contributed by atoms with Gasteiger partial charge in [-0.3, -0.25) is 0 Å². The van der Waals surface area contributed by atoms with Gasteiger partial charge in [0.05, 0.1) is 12.2 Å². The van der Waals surface area contributed by atoms with Crippen LogP contribution >= 0.6 is 0 Å². The number of hydrogen-bond acceptors (Lipinski definition) is 4. The third-order valence-electron chi connectivity index (χ3n) is 2.42. The molecular formula is C10H22N2O2. The van der Waals surface area contributed by atoms with Gasteiger partial charge in [0, 0.05) is 13.2 Å². The lowest BCUT2D eigenvalue weighted by Gasteiger charge is -2.16. The molecule has 1 aliphatic rings. The molecular weight excluding hydrogens is 180 g/mol. The van der Waals surface area contributed by atoms with Crippen molar-refractivity contribution in [3.8, 4) is 0 Å². The van der Waals surface area contributed by atoms with Gasteiger partial charge in [-0.05, 0) is 38.8 Å². The number of ether oxygens (including phenoxy) is 2. The Hall–Kier alpha value is -0.160. The van der Waals surface area contributed by atoms with E-state index in [0.717, 1.165) is 45.5 Å². The average Bonchev–Trinajstić information content (AvgIpc) is 2.94. The van der Waals surface area contributed by atoms with Crippen molar-refractivity contribution in [1.29, 1.82) is 0 Å². The number of hydrogen-bond donors (Lipinski definition) is 2. The van der Waals surface area contributed by atoms with Gasteiger partial charge in [0.2, 0.25) is 0 Å². The average molecular weight is 202 g/mol. The summed E-state index contributed by atoms with van der Waals surface area (Å²) >= 11 is 0. The summed E-state index contributed by atoms with van der Waals surface area (Å²) in [6.45, 7) is 3.62. The highest BCUT2D eigenvalue weighted by molar-refractivity contribution is 4.95. The molecule has 0 aliphatic heterocycles. The largest absolute Gasteiger partial charge is 0.378 e. The predicted molar refractivity (Wildman–Crippen MR) is 56.1 cm³/mol. The molecule has 0 amide bonds. The molecule has 4 N–H and O–H groups in total. The highest BCUT2D eigenvalue weighted by atomic mass is 16.5. The lowest BCUT2D eigenvalue weighted by Crippen LogP contribution is -2.23. The van der Waals surface area contributed by atoms with Crippen molar-refractivity contribution in [2.45, 2.75) is 31.3 Å². The first kappa shape index (κ1) is 11.9. The van der Waals surface area contributed by atoms with Crippen LogP contribution in [0.15, 0.2) is 0 Å². The van der Waals surface area contributed by atoms with E-state index in [1.807, 2.05) is 0 Å². The van der Waals surface area contributed by atoms with Crippen LogP contribution in [-0.4, -0.2) is 38.5 Å². The van der Waals surface area contributed by atoms with Gasteiger partial charge in [0.1, 0.15) is 0 Å². The molecule has 0 atom stereocenters. The van der Waals surface area contributed by atoms with E-state index in [1.165, 1.54) is 0 Å². The molecule has 0 heterocycles. The van der Waals surface area contributed by atoms with Crippen molar-refractivity contribution in [1.82, 2.24) is 0 Å². The summed E-state index contributed by atoms with van der Waals surface area (Å²) in [5, 5.41) is 0. The van der Waals surface area contributed by atoms with E-state index in [0.29, 0.717) is 13.1 Å². The summed E-state index contributed by atoms with van der Waals surface area (Å²) in [5.74, 6) is 0. The quantitative estimate of drug-likeness (QED) is 0.526. The maximum Gasteiger partial charge on any atom is 0.0917 e. The molecule has 4 nitrogen and oxygen atoms in total. The van der Waals surface area contributed by atoms with Gasteiger partial charge in [-0.15, -0.1) is 0 Å². The van der Waals surface area contributed by atoms with E-state index in [9.17, 15) is 0 Å². The van der Waals surface area contributed by atoms with Gasteiger partial charge in [0.15, 0.2) is 0 Å². The molecule has 84 valence electrons. The summed E-state index contributed by atoms with van der Waals surface area (Å²) in [4.78, 5) is 0. The van der Waals surface area contributed by atoms with Crippen LogP contribution in [0, 0.1) is 0 Å². The first-order chi connectivity index (χ1) is 6.83. The predicted octanol–water partition coefficient (Wildman–Crippen LogP) is 0.250. The SMILES string of the molecule is NCCCOCC1(OCCCN)CC1. The minimum atomic E-state index is 0.0315. The highest BCUT2D eigenvalue weighted by Gasteiger charge is 2.44. The molecule has 0 radical (unpaired) electrons. The Morgan fingerprint density at radius 3 is 2.21 bits per heavy atom. The molecule has 0 unspecified atom stereocenters. The van der Waals surface area contributed by atoms with E-state index in [4.69, 9.17) is 20.9 Å². The second kappa shape index (κ2) is 6.35.